The molecule has 5 nitrogen and oxygen atoms in total. The van der Waals surface area contributed by atoms with Crippen molar-refractivity contribution in [3.05, 3.63) is 0 Å². The second-order valence-corrected chi connectivity index (χ2v) is 5.52. The molecule has 0 aliphatic carbocycles. The number of carbonyl (C=O) groups excluding carboxylic acids is 2. The van der Waals surface area contributed by atoms with Gasteiger partial charge in [-0.1, -0.05) is 13.8 Å². The maximum atomic E-state index is 11.9. The summed E-state index contributed by atoms with van der Waals surface area (Å²) in [6.07, 6.45) is 0.596. The van der Waals surface area contributed by atoms with E-state index in [2.05, 4.69) is 10.6 Å². The number of hydrogen-bond acceptors (Lipinski definition) is 5. The van der Waals surface area contributed by atoms with Gasteiger partial charge >= 0.3 is 5.97 Å². The van der Waals surface area contributed by atoms with Crippen molar-refractivity contribution in [1.29, 1.82) is 0 Å². The average molecular weight is 260 g/mol. The summed E-state index contributed by atoms with van der Waals surface area (Å²) < 4.78 is 4.70. The average Bonchev–Trinajstić information content (AvgIpc) is 2.79. The predicted molar refractivity (Wildman–Crippen MR) is 67.7 cm³/mol. The van der Waals surface area contributed by atoms with Crippen molar-refractivity contribution in [3.63, 3.8) is 0 Å². The molecule has 1 aliphatic rings. The molecule has 2 unspecified atom stereocenters. The van der Waals surface area contributed by atoms with Crippen LogP contribution in [0.5, 0.6) is 0 Å². The van der Waals surface area contributed by atoms with Crippen LogP contribution in [0.25, 0.3) is 0 Å². The fourth-order valence-electron chi connectivity index (χ4n) is 1.66. The number of rotatable bonds is 5. The first-order chi connectivity index (χ1) is 8.04. The van der Waals surface area contributed by atoms with Crippen molar-refractivity contribution in [1.82, 2.24) is 10.6 Å². The Morgan fingerprint density at radius 3 is 2.71 bits per heavy atom. The molecular formula is C11H20N2O3S. The van der Waals surface area contributed by atoms with Crippen LogP contribution in [0, 0.1) is 5.92 Å². The van der Waals surface area contributed by atoms with Crippen LogP contribution in [0.4, 0.5) is 0 Å². The van der Waals surface area contributed by atoms with Gasteiger partial charge in [-0.05, 0) is 12.3 Å². The van der Waals surface area contributed by atoms with Crippen LogP contribution in [0.1, 0.15) is 20.3 Å². The topological polar surface area (TPSA) is 67.4 Å². The van der Waals surface area contributed by atoms with E-state index in [0.29, 0.717) is 12.3 Å². The first kappa shape index (κ1) is 14.3. The molecule has 1 fully saturated rings. The highest BCUT2D eigenvalue weighted by atomic mass is 32.2. The van der Waals surface area contributed by atoms with Crippen LogP contribution >= 0.6 is 11.8 Å². The monoisotopic (exact) mass is 260 g/mol. The number of thioether (sulfide) groups is 1. The Morgan fingerprint density at radius 2 is 2.24 bits per heavy atom. The summed E-state index contributed by atoms with van der Waals surface area (Å²) in [6, 6.07) is -0.737. The second kappa shape index (κ2) is 6.86. The minimum atomic E-state index is -0.542. The lowest BCUT2D eigenvalue weighted by atomic mass is 10.0. The molecule has 2 N–H and O–H groups in total. The molecule has 1 saturated heterocycles. The number of ether oxygens (including phenoxy) is 1. The van der Waals surface area contributed by atoms with Crippen molar-refractivity contribution >= 4 is 23.6 Å². The zero-order valence-electron chi connectivity index (χ0n) is 10.5. The Morgan fingerprint density at radius 1 is 1.53 bits per heavy atom. The van der Waals surface area contributed by atoms with Crippen molar-refractivity contribution in [2.75, 3.05) is 18.7 Å². The summed E-state index contributed by atoms with van der Waals surface area (Å²) in [5, 5.41) is 5.82. The normalized spacial score (nSPS) is 21.3. The van der Waals surface area contributed by atoms with E-state index in [1.165, 1.54) is 7.11 Å². The fourth-order valence-corrected chi connectivity index (χ4v) is 2.61. The number of methoxy groups -OCH3 is 1. The molecule has 0 radical (unpaired) electrons. The van der Waals surface area contributed by atoms with Gasteiger partial charge < -0.3 is 10.1 Å². The zero-order valence-corrected chi connectivity index (χ0v) is 11.3. The van der Waals surface area contributed by atoms with E-state index < -0.39 is 6.04 Å². The Bertz CT molecular complexity index is 278. The Labute approximate surface area is 106 Å². The number of hydrogen-bond donors (Lipinski definition) is 2. The molecule has 1 heterocycles. The van der Waals surface area contributed by atoms with Gasteiger partial charge in [0.2, 0.25) is 5.91 Å². The maximum Gasteiger partial charge on any atom is 0.328 e. The van der Waals surface area contributed by atoms with Gasteiger partial charge in [0.15, 0.2) is 0 Å². The molecule has 0 saturated carbocycles. The Kier molecular flexibility index (Phi) is 5.77. The quantitative estimate of drug-likeness (QED) is 0.698. The van der Waals surface area contributed by atoms with Crippen molar-refractivity contribution < 1.29 is 14.3 Å². The summed E-state index contributed by atoms with van der Waals surface area (Å²) in [5.41, 5.74) is 0. The van der Waals surface area contributed by atoms with Crippen LogP contribution in [0.15, 0.2) is 0 Å². The van der Waals surface area contributed by atoms with Gasteiger partial charge in [-0.15, -0.1) is 11.8 Å². The molecule has 0 aromatic heterocycles. The maximum absolute atomic E-state index is 11.9. The second-order valence-electron chi connectivity index (χ2n) is 4.49. The standard InChI is InChI=1S/C11H20N2O3S/c1-7(2)4-8(11(15)16-3)13-10(14)9-5-17-6-12-9/h7-9,12H,4-6H2,1-3H3,(H,13,14). The van der Waals surface area contributed by atoms with Gasteiger partial charge in [-0.2, -0.15) is 0 Å². The van der Waals surface area contributed by atoms with Gasteiger partial charge in [0.25, 0.3) is 0 Å². The number of nitrogens with one attached hydrogen (secondary N) is 2. The van der Waals surface area contributed by atoms with Gasteiger partial charge in [0.05, 0.1) is 13.2 Å². The third kappa shape index (κ3) is 4.55. The van der Waals surface area contributed by atoms with Crippen LogP contribution in [0.2, 0.25) is 0 Å². The lowest BCUT2D eigenvalue weighted by molar-refractivity contribution is -0.145. The largest absolute Gasteiger partial charge is 0.467 e. The van der Waals surface area contributed by atoms with Crippen molar-refractivity contribution in [2.24, 2.45) is 5.92 Å². The van der Waals surface area contributed by atoms with E-state index in [4.69, 9.17) is 4.74 Å². The molecule has 6 heteroatoms. The smallest absolute Gasteiger partial charge is 0.328 e. The SMILES string of the molecule is COC(=O)C(CC(C)C)NC(=O)C1CSCN1. The summed E-state index contributed by atoms with van der Waals surface area (Å²) >= 11 is 1.68. The fraction of sp³-hybridized carbons (Fsp3) is 0.818. The van der Waals surface area contributed by atoms with Crippen molar-refractivity contribution in [2.45, 2.75) is 32.4 Å². The molecular weight excluding hydrogens is 240 g/mol. The molecule has 0 bridgehead atoms. The number of carbonyl (C=O) groups is 2. The predicted octanol–water partition coefficient (Wildman–Crippen LogP) is 0.353. The van der Waals surface area contributed by atoms with E-state index in [9.17, 15) is 9.59 Å². The summed E-state index contributed by atoms with van der Waals surface area (Å²) in [4.78, 5) is 23.4. The highest BCUT2D eigenvalue weighted by molar-refractivity contribution is 7.99. The highest BCUT2D eigenvalue weighted by Crippen LogP contribution is 2.11. The molecule has 17 heavy (non-hydrogen) atoms. The van der Waals surface area contributed by atoms with E-state index in [-0.39, 0.29) is 17.9 Å². The van der Waals surface area contributed by atoms with Crippen LogP contribution in [-0.2, 0) is 14.3 Å². The molecule has 98 valence electrons. The minimum Gasteiger partial charge on any atom is -0.467 e. The van der Waals surface area contributed by atoms with Crippen molar-refractivity contribution in [3.8, 4) is 0 Å². The first-order valence-electron chi connectivity index (χ1n) is 5.74. The lowest BCUT2D eigenvalue weighted by Gasteiger charge is -2.20. The molecule has 1 aliphatic heterocycles. The summed E-state index contributed by atoms with van der Waals surface area (Å²) in [7, 11) is 1.34. The molecule has 2 atom stereocenters. The Hall–Kier alpha value is -0.750. The molecule has 1 amide bonds. The van der Waals surface area contributed by atoms with Crippen LogP contribution in [0.3, 0.4) is 0 Å². The van der Waals surface area contributed by atoms with Gasteiger partial charge in [-0.3, -0.25) is 10.1 Å². The third-order valence-corrected chi connectivity index (χ3v) is 3.48. The molecule has 0 aromatic carbocycles. The summed E-state index contributed by atoms with van der Waals surface area (Å²) in [5.74, 6) is 1.36. The van der Waals surface area contributed by atoms with E-state index >= 15 is 0 Å². The van der Waals surface area contributed by atoms with Crippen LogP contribution in [-0.4, -0.2) is 42.7 Å². The molecule has 0 aromatic rings. The number of esters is 1. The van der Waals surface area contributed by atoms with E-state index in [1.807, 2.05) is 13.8 Å². The zero-order chi connectivity index (χ0) is 12.8. The van der Waals surface area contributed by atoms with Gasteiger partial charge in [0.1, 0.15) is 6.04 Å². The molecule has 0 spiro atoms. The third-order valence-electron chi connectivity index (χ3n) is 2.54. The molecule has 1 rings (SSSR count). The minimum absolute atomic E-state index is 0.119. The van der Waals surface area contributed by atoms with Crippen LogP contribution < -0.4 is 10.6 Å². The van der Waals surface area contributed by atoms with E-state index in [1.54, 1.807) is 11.8 Å². The number of amides is 1. The Balaban J connectivity index is 2.52. The van der Waals surface area contributed by atoms with E-state index in [0.717, 1.165) is 11.6 Å². The van der Waals surface area contributed by atoms with Gasteiger partial charge in [0, 0.05) is 11.6 Å². The van der Waals surface area contributed by atoms with Gasteiger partial charge in [-0.25, -0.2) is 4.79 Å². The lowest BCUT2D eigenvalue weighted by Crippen LogP contribution is -2.49. The first-order valence-corrected chi connectivity index (χ1v) is 6.89. The highest BCUT2D eigenvalue weighted by Gasteiger charge is 2.28. The summed E-state index contributed by atoms with van der Waals surface area (Å²) in [6.45, 7) is 4.01.